The van der Waals surface area contributed by atoms with E-state index in [1.54, 1.807) is 0 Å². The molecule has 1 aromatic rings. The van der Waals surface area contributed by atoms with Crippen LogP contribution in [0.3, 0.4) is 0 Å². The maximum absolute atomic E-state index is 11.6. The van der Waals surface area contributed by atoms with Gasteiger partial charge in [-0.3, -0.25) is 4.79 Å². The third-order valence-electron chi connectivity index (χ3n) is 2.49. The summed E-state index contributed by atoms with van der Waals surface area (Å²) in [5, 5.41) is 6.11. The standard InChI is InChI=1S/C14H25N3O/c1-5-8-17-9-6-7-12(17)10-15-11-13(18)16-14(2,3)4/h6-7,9,15H,5,8,10-11H2,1-4H3,(H,16,18). The van der Waals surface area contributed by atoms with E-state index in [0.717, 1.165) is 19.5 Å². The molecule has 1 aromatic heterocycles. The molecule has 18 heavy (non-hydrogen) atoms. The Bertz CT molecular complexity index is 377. The summed E-state index contributed by atoms with van der Waals surface area (Å²) < 4.78 is 2.22. The number of carbonyl (C=O) groups is 1. The molecule has 0 spiro atoms. The molecule has 0 aliphatic rings. The predicted molar refractivity (Wildman–Crippen MR) is 74.3 cm³/mol. The topological polar surface area (TPSA) is 46.1 Å². The number of hydrogen-bond donors (Lipinski definition) is 2. The van der Waals surface area contributed by atoms with Crippen LogP contribution in [0.15, 0.2) is 18.3 Å². The van der Waals surface area contributed by atoms with Gasteiger partial charge >= 0.3 is 0 Å². The highest BCUT2D eigenvalue weighted by Gasteiger charge is 2.13. The Hall–Kier alpha value is -1.29. The summed E-state index contributed by atoms with van der Waals surface area (Å²) in [6.45, 7) is 10.2. The Morgan fingerprint density at radius 2 is 2.11 bits per heavy atom. The summed E-state index contributed by atoms with van der Waals surface area (Å²) in [5.41, 5.74) is 1.06. The molecule has 0 radical (unpaired) electrons. The van der Waals surface area contributed by atoms with Gasteiger partial charge in [0.1, 0.15) is 0 Å². The van der Waals surface area contributed by atoms with Crippen molar-refractivity contribution in [1.29, 1.82) is 0 Å². The molecule has 102 valence electrons. The number of nitrogens with zero attached hydrogens (tertiary/aromatic N) is 1. The summed E-state index contributed by atoms with van der Waals surface area (Å²) in [6.07, 6.45) is 3.20. The third-order valence-corrected chi connectivity index (χ3v) is 2.49. The Balaban J connectivity index is 2.33. The van der Waals surface area contributed by atoms with E-state index in [1.165, 1.54) is 5.69 Å². The van der Waals surface area contributed by atoms with Crippen LogP contribution in [0.4, 0.5) is 0 Å². The second-order valence-corrected chi connectivity index (χ2v) is 5.59. The molecule has 0 unspecified atom stereocenters. The zero-order chi connectivity index (χ0) is 13.6. The average Bonchev–Trinajstić information content (AvgIpc) is 2.64. The summed E-state index contributed by atoms with van der Waals surface area (Å²) in [6, 6.07) is 4.13. The van der Waals surface area contributed by atoms with Crippen LogP contribution < -0.4 is 10.6 Å². The minimum Gasteiger partial charge on any atom is -0.350 e. The van der Waals surface area contributed by atoms with Crippen LogP contribution >= 0.6 is 0 Å². The first kappa shape index (κ1) is 14.8. The molecular weight excluding hydrogens is 226 g/mol. The van der Waals surface area contributed by atoms with E-state index in [9.17, 15) is 4.79 Å². The van der Waals surface area contributed by atoms with Crippen molar-refractivity contribution in [1.82, 2.24) is 15.2 Å². The number of nitrogens with one attached hydrogen (secondary N) is 2. The highest BCUT2D eigenvalue weighted by molar-refractivity contribution is 5.78. The van der Waals surface area contributed by atoms with Gasteiger partial charge in [0.25, 0.3) is 0 Å². The molecule has 4 heteroatoms. The van der Waals surface area contributed by atoms with Crippen molar-refractivity contribution in [3.8, 4) is 0 Å². The highest BCUT2D eigenvalue weighted by atomic mass is 16.2. The second-order valence-electron chi connectivity index (χ2n) is 5.59. The van der Waals surface area contributed by atoms with Crippen molar-refractivity contribution < 1.29 is 4.79 Å². The molecule has 4 nitrogen and oxygen atoms in total. The fraction of sp³-hybridized carbons (Fsp3) is 0.643. The van der Waals surface area contributed by atoms with Crippen LogP contribution in [0.1, 0.15) is 39.8 Å². The van der Waals surface area contributed by atoms with Crippen LogP contribution in [-0.4, -0.2) is 22.6 Å². The largest absolute Gasteiger partial charge is 0.350 e. The van der Waals surface area contributed by atoms with Crippen molar-refractivity contribution >= 4 is 5.91 Å². The quantitative estimate of drug-likeness (QED) is 0.811. The number of rotatable bonds is 6. The van der Waals surface area contributed by atoms with Crippen LogP contribution in [-0.2, 0) is 17.9 Å². The summed E-state index contributed by atoms with van der Waals surface area (Å²) >= 11 is 0. The van der Waals surface area contributed by atoms with E-state index in [2.05, 4.69) is 34.4 Å². The number of amides is 1. The van der Waals surface area contributed by atoms with E-state index in [1.807, 2.05) is 26.8 Å². The smallest absolute Gasteiger partial charge is 0.234 e. The molecule has 0 saturated carbocycles. The average molecular weight is 251 g/mol. The number of aryl methyl sites for hydroxylation is 1. The monoisotopic (exact) mass is 251 g/mol. The maximum Gasteiger partial charge on any atom is 0.234 e. The predicted octanol–water partition coefficient (Wildman–Crippen LogP) is 1.90. The molecule has 1 rings (SSSR count). The Morgan fingerprint density at radius 1 is 1.39 bits per heavy atom. The molecule has 0 atom stereocenters. The van der Waals surface area contributed by atoms with Crippen molar-refractivity contribution in [2.45, 2.75) is 52.7 Å². The van der Waals surface area contributed by atoms with Crippen LogP contribution in [0.5, 0.6) is 0 Å². The molecule has 0 fully saturated rings. The van der Waals surface area contributed by atoms with Gasteiger partial charge in [-0.2, -0.15) is 0 Å². The molecule has 2 N–H and O–H groups in total. The molecule has 1 amide bonds. The third kappa shape index (κ3) is 5.36. The van der Waals surface area contributed by atoms with Crippen molar-refractivity contribution in [2.24, 2.45) is 0 Å². The normalized spacial score (nSPS) is 11.6. The van der Waals surface area contributed by atoms with Crippen LogP contribution in [0.25, 0.3) is 0 Å². The number of carbonyl (C=O) groups excluding carboxylic acids is 1. The Kier molecular flexibility index (Phi) is 5.41. The van der Waals surface area contributed by atoms with Crippen molar-refractivity contribution in [3.05, 3.63) is 24.0 Å². The van der Waals surface area contributed by atoms with Gasteiger partial charge in [-0.15, -0.1) is 0 Å². The van der Waals surface area contributed by atoms with E-state index < -0.39 is 0 Å². The summed E-state index contributed by atoms with van der Waals surface area (Å²) in [5.74, 6) is 0.0381. The van der Waals surface area contributed by atoms with Crippen molar-refractivity contribution in [2.75, 3.05) is 6.54 Å². The fourth-order valence-corrected chi connectivity index (χ4v) is 1.84. The lowest BCUT2D eigenvalue weighted by Crippen LogP contribution is -2.44. The highest BCUT2D eigenvalue weighted by Crippen LogP contribution is 2.03. The zero-order valence-corrected chi connectivity index (χ0v) is 11.9. The molecule has 0 aliphatic carbocycles. The summed E-state index contributed by atoms with van der Waals surface area (Å²) in [7, 11) is 0. The van der Waals surface area contributed by atoms with Gasteiger partial charge in [-0.1, -0.05) is 6.92 Å². The maximum atomic E-state index is 11.6. The molecule has 0 saturated heterocycles. The lowest BCUT2D eigenvalue weighted by Gasteiger charge is -2.20. The SMILES string of the molecule is CCCn1cccc1CNCC(=O)NC(C)(C)C. The van der Waals surface area contributed by atoms with E-state index in [4.69, 9.17) is 0 Å². The molecular formula is C14H25N3O. The van der Waals surface area contributed by atoms with Gasteiger partial charge in [0.05, 0.1) is 6.54 Å². The van der Waals surface area contributed by atoms with Gasteiger partial charge in [-0.25, -0.2) is 0 Å². The zero-order valence-electron chi connectivity index (χ0n) is 11.9. The summed E-state index contributed by atoms with van der Waals surface area (Å²) in [4.78, 5) is 11.6. The first-order chi connectivity index (χ1) is 8.42. The lowest BCUT2D eigenvalue weighted by atomic mass is 10.1. The van der Waals surface area contributed by atoms with E-state index in [0.29, 0.717) is 6.54 Å². The first-order valence-corrected chi connectivity index (χ1v) is 6.58. The Morgan fingerprint density at radius 3 is 2.72 bits per heavy atom. The van der Waals surface area contributed by atoms with Gasteiger partial charge < -0.3 is 15.2 Å². The molecule has 0 bridgehead atoms. The van der Waals surface area contributed by atoms with Crippen LogP contribution in [0.2, 0.25) is 0 Å². The first-order valence-electron chi connectivity index (χ1n) is 6.58. The van der Waals surface area contributed by atoms with Crippen LogP contribution in [0, 0.1) is 0 Å². The second kappa shape index (κ2) is 6.59. The minimum atomic E-state index is -0.165. The molecule has 1 heterocycles. The van der Waals surface area contributed by atoms with E-state index >= 15 is 0 Å². The molecule has 0 aromatic carbocycles. The fourth-order valence-electron chi connectivity index (χ4n) is 1.84. The number of aromatic nitrogens is 1. The van der Waals surface area contributed by atoms with Crippen molar-refractivity contribution in [3.63, 3.8) is 0 Å². The minimum absolute atomic E-state index is 0.0381. The van der Waals surface area contributed by atoms with Gasteiger partial charge in [0.2, 0.25) is 5.91 Å². The number of hydrogen-bond acceptors (Lipinski definition) is 2. The van der Waals surface area contributed by atoms with Gasteiger partial charge in [0.15, 0.2) is 0 Å². The van der Waals surface area contributed by atoms with E-state index in [-0.39, 0.29) is 11.4 Å². The molecule has 0 aliphatic heterocycles. The van der Waals surface area contributed by atoms with Gasteiger partial charge in [-0.05, 0) is 39.3 Å². The van der Waals surface area contributed by atoms with Gasteiger partial charge in [0, 0.05) is 30.5 Å². The Labute approximate surface area is 110 Å². The lowest BCUT2D eigenvalue weighted by molar-refractivity contribution is -0.121.